The molecule has 0 aromatic heterocycles. The van der Waals surface area contributed by atoms with Crippen molar-refractivity contribution >= 4 is 0 Å². The van der Waals surface area contributed by atoms with Crippen molar-refractivity contribution in [1.29, 1.82) is 0 Å². The molecule has 72 valence electrons. The Balaban J connectivity index is 0.000000671. The third-order valence-electron chi connectivity index (χ3n) is 1.61. The Morgan fingerprint density at radius 2 is 2.00 bits per heavy atom. The molecule has 1 heteroatoms. The molecule has 1 nitrogen and oxygen atoms in total. The summed E-state index contributed by atoms with van der Waals surface area (Å²) in [7, 11) is 0. The smallest absolute Gasteiger partial charge is 0.0969 e. The number of hydrogen-bond donors (Lipinski definition) is 1. The summed E-state index contributed by atoms with van der Waals surface area (Å²) in [4.78, 5) is 0. The maximum absolute atomic E-state index is 9.34. The van der Waals surface area contributed by atoms with Crippen molar-refractivity contribution in [1.82, 2.24) is 0 Å². The first kappa shape index (κ1) is 11.9. The summed E-state index contributed by atoms with van der Waals surface area (Å²) in [6.07, 6.45) is 0.990. The summed E-state index contributed by atoms with van der Waals surface area (Å²) in [5.74, 6) is 0. The average molecular weight is 178 g/mol. The number of aliphatic hydroxyl groups excluding tert-OH is 1. The maximum atomic E-state index is 9.34. The number of hydrogen-bond acceptors (Lipinski definition) is 1. The monoisotopic (exact) mass is 178 g/mol. The Morgan fingerprint density at radius 3 is 2.46 bits per heavy atom. The Labute approximate surface area is 80.7 Å². The molecule has 0 saturated heterocycles. The molecule has 0 radical (unpaired) electrons. The van der Waals surface area contributed by atoms with Crippen LogP contribution in [-0.4, -0.2) is 5.11 Å². The van der Waals surface area contributed by atoms with E-state index in [1.165, 1.54) is 6.08 Å². The minimum Gasteiger partial charge on any atom is -0.384 e. The molecule has 0 bridgehead atoms. The fraction of sp³-hybridized carbons (Fsp3) is 0.333. The van der Waals surface area contributed by atoms with Gasteiger partial charge in [-0.15, -0.1) is 6.58 Å². The van der Waals surface area contributed by atoms with E-state index in [4.69, 9.17) is 0 Å². The van der Waals surface area contributed by atoms with Crippen molar-refractivity contribution in [3.8, 4) is 0 Å². The van der Waals surface area contributed by atoms with Crippen LogP contribution in [0.25, 0.3) is 0 Å². The summed E-state index contributed by atoms with van der Waals surface area (Å²) < 4.78 is 0. The van der Waals surface area contributed by atoms with Gasteiger partial charge in [-0.05, 0) is 12.5 Å². The largest absolute Gasteiger partial charge is 0.384 e. The van der Waals surface area contributed by atoms with E-state index < -0.39 is 6.10 Å². The highest BCUT2D eigenvalue weighted by atomic mass is 16.3. The van der Waals surface area contributed by atoms with Crippen molar-refractivity contribution in [3.05, 3.63) is 48.0 Å². The highest BCUT2D eigenvalue weighted by molar-refractivity contribution is 5.25. The minimum absolute atomic E-state index is 0.533. The first-order valence-electron chi connectivity index (χ1n) is 4.61. The zero-order valence-corrected chi connectivity index (χ0v) is 8.62. The van der Waals surface area contributed by atoms with Crippen LogP contribution < -0.4 is 0 Å². The van der Waals surface area contributed by atoms with Crippen LogP contribution in [0.2, 0.25) is 0 Å². The van der Waals surface area contributed by atoms with Gasteiger partial charge in [0.15, 0.2) is 0 Å². The molecule has 1 aromatic rings. The van der Waals surface area contributed by atoms with E-state index in [1.54, 1.807) is 0 Å². The van der Waals surface area contributed by atoms with Gasteiger partial charge in [0.1, 0.15) is 0 Å². The van der Waals surface area contributed by atoms with Crippen molar-refractivity contribution in [3.63, 3.8) is 0 Å². The molecular formula is C12H18O. The predicted molar refractivity (Wildman–Crippen MR) is 57.7 cm³/mol. The third kappa shape index (κ3) is 3.90. The van der Waals surface area contributed by atoms with E-state index in [2.05, 4.69) is 6.58 Å². The topological polar surface area (TPSA) is 20.2 Å². The van der Waals surface area contributed by atoms with Crippen molar-refractivity contribution in [2.24, 2.45) is 0 Å². The number of benzene rings is 1. The molecule has 0 fully saturated rings. The molecule has 1 atom stereocenters. The Kier molecular flexibility index (Phi) is 5.90. The van der Waals surface area contributed by atoms with Gasteiger partial charge in [0.25, 0.3) is 0 Å². The van der Waals surface area contributed by atoms with Crippen LogP contribution in [0.4, 0.5) is 0 Å². The first-order valence-corrected chi connectivity index (χ1v) is 4.61. The fourth-order valence-electron chi connectivity index (χ4n) is 0.990. The lowest BCUT2D eigenvalue weighted by molar-refractivity contribution is 0.229. The molecule has 0 heterocycles. The fourth-order valence-corrected chi connectivity index (χ4v) is 0.990. The quantitative estimate of drug-likeness (QED) is 0.689. The zero-order valence-electron chi connectivity index (χ0n) is 8.62. The molecule has 1 aromatic carbocycles. The van der Waals surface area contributed by atoms with Crippen LogP contribution in [-0.2, 0) is 0 Å². The van der Waals surface area contributed by atoms with Gasteiger partial charge in [-0.1, -0.05) is 49.8 Å². The number of rotatable bonds is 2. The molecule has 1 rings (SSSR count). The van der Waals surface area contributed by atoms with Crippen molar-refractivity contribution in [2.75, 3.05) is 0 Å². The molecular weight excluding hydrogens is 160 g/mol. The van der Waals surface area contributed by atoms with Crippen molar-refractivity contribution < 1.29 is 5.11 Å². The van der Waals surface area contributed by atoms with Crippen LogP contribution >= 0.6 is 0 Å². The van der Waals surface area contributed by atoms with Crippen LogP contribution in [0.15, 0.2) is 36.9 Å². The highest BCUT2D eigenvalue weighted by Crippen LogP contribution is 2.14. The molecule has 0 aliphatic carbocycles. The first-order chi connectivity index (χ1) is 6.24. The van der Waals surface area contributed by atoms with Gasteiger partial charge in [0, 0.05) is 0 Å². The Hall–Kier alpha value is -1.08. The van der Waals surface area contributed by atoms with E-state index in [1.807, 2.05) is 45.0 Å². The molecule has 0 saturated carbocycles. The van der Waals surface area contributed by atoms with E-state index in [-0.39, 0.29) is 0 Å². The second-order valence-electron chi connectivity index (χ2n) is 2.59. The number of aliphatic hydroxyl groups is 1. The van der Waals surface area contributed by atoms with Gasteiger partial charge in [-0.25, -0.2) is 0 Å². The predicted octanol–water partition coefficient (Wildman–Crippen LogP) is 3.24. The molecule has 1 N–H and O–H groups in total. The molecule has 0 aliphatic rings. The van der Waals surface area contributed by atoms with Crippen LogP contribution in [0, 0.1) is 6.92 Å². The summed E-state index contributed by atoms with van der Waals surface area (Å²) in [5.41, 5.74) is 2.06. The van der Waals surface area contributed by atoms with Gasteiger partial charge in [0.05, 0.1) is 6.10 Å². The Bertz CT molecular complexity index is 253. The summed E-state index contributed by atoms with van der Waals surface area (Å²) >= 11 is 0. The number of aryl methyl sites for hydroxylation is 1. The maximum Gasteiger partial charge on any atom is 0.0969 e. The molecule has 1 unspecified atom stereocenters. The second-order valence-corrected chi connectivity index (χ2v) is 2.59. The van der Waals surface area contributed by atoms with Crippen molar-refractivity contribution in [2.45, 2.75) is 26.9 Å². The zero-order chi connectivity index (χ0) is 10.3. The van der Waals surface area contributed by atoms with E-state index in [9.17, 15) is 5.11 Å². The molecule has 0 aliphatic heterocycles. The van der Waals surface area contributed by atoms with Crippen LogP contribution in [0.3, 0.4) is 0 Å². The lowest BCUT2D eigenvalue weighted by Gasteiger charge is -2.05. The van der Waals surface area contributed by atoms with Gasteiger partial charge in [-0.3, -0.25) is 0 Å². The van der Waals surface area contributed by atoms with Crippen LogP contribution in [0.5, 0.6) is 0 Å². The molecule has 13 heavy (non-hydrogen) atoms. The van der Waals surface area contributed by atoms with E-state index in [0.29, 0.717) is 0 Å². The standard InChI is InChI=1S/C10H12O.C2H6/c1-3-10(11)9-6-4-5-8(2)7-9;1-2/h3-7,10-11H,1H2,2H3;1-2H3. The van der Waals surface area contributed by atoms with Gasteiger partial charge in [0.2, 0.25) is 0 Å². The normalized spacial score (nSPS) is 11.1. The minimum atomic E-state index is -0.533. The lowest BCUT2D eigenvalue weighted by Crippen LogP contribution is -1.91. The van der Waals surface area contributed by atoms with Gasteiger partial charge < -0.3 is 5.11 Å². The molecule has 0 amide bonds. The third-order valence-corrected chi connectivity index (χ3v) is 1.61. The van der Waals surface area contributed by atoms with Gasteiger partial charge >= 0.3 is 0 Å². The second kappa shape index (κ2) is 6.44. The molecule has 0 spiro atoms. The average Bonchev–Trinajstić information content (AvgIpc) is 2.20. The summed E-state index contributed by atoms with van der Waals surface area (Å²) in [6.45, 7) is 9.52. The SMILES string of the molecule is C=CC(O)c1cccc(C)c1.CC. The Morgan fingerprint density at radius 1 is 1.38 bits per heavy atom. The van der Waals surface area contributed by atoms with E-state index in [0.717, 1.165) is 11.1 Å². The van der Waals surface area contributed by atoms with Crippen LogP contribution in [0.1, 0.15) is 31.1 Å². The van der Waals surface area contributed by atoms with E-state index >= 15 is 0 Å². The summed E-state index contributed by atoms with van der Waals surface area (Å²) in [6, 6.07) is 7.77. The highest BCUT2D eigenvalue weighted by Gasteiger charge is 2.00. The van der Waals surface area contributed by atoms with Gasteiger partial charge in [-0.2, -0.15) is 0 Å². The lowest BCUT2D eigenvalue weighted by atomic mass is 10.1. The summed E-state index contributed by atoms with van der Waals surface area (Å²) in [5, 5.41) is 9.34.